The Hall–Kier alpha value is -1.43. The average Bonchev–Trinajstić information content (AvgIpc) is 2.97. The summed E-state index contributed by atoms with van der Waals surface area (Å²) >= 11 is 0. The van der Waals surface area contributed by atoms with E-state index in [1.807, 2.05) is 13.8 Å². The second-order valence-corrected chi connectivity index (χ2v) is 5.26. The number of hydrogen-bond acceptors (Lipinski definition) is 5. The molecule has 0 spiro atoms. The van der Waals surface area contributed by atoms with Gasteiger partial charge in [-0.25, -0.2) is 0 Å². The summed E-state index contributed by atoms with van der Waals surface area (Å²) in [6, 6.07) is 0.187. The summed E-state index contributed by atoms with van der Waals surface area (Å²) in [5.74, 6) is 0.880. The number of nitrogens with zero attached hydrogens (tertiary/aromatic N) is 2. The number of aromatic nitrogens is 2. The maximum absolute atomic E-state index is 11.6. The Morgan fingerprint density at radius 3 is 2.82 bits per heavy atom. The molecule has 0 saturated heterocycles. The van der Waals surface area contributed by atoms with E-state index >= 15 is 0 Å². The van der Waals surface area contributed by atoms with E-state index in [1.165, 1.54) is 0 Å². The Morgan fingerprint density at radius 2 is 2.24 bits per heavy atom. The molecule has 0 atom stereocenters. The molecule has 17 heavy (non-hydrogen) atoms. The predicted octanol–water partition coefficient (Wildman–Crippen LogP) is 1.40. The van der Waals surface area contributed by atoms with Crippen LogP contribution in [0.4, 0.5) is 6.01 Å². The van der Waals surface area contributed by atoms with Crippen LogP contribution in [0.5, 0.6) is 0 Å². The van der Waals surface area contributed by atoms with Crippen molar-refractivity contribution in [3.8, 4) is 0 Å². The smallest absolute Gasteiger partial charge is 0.322 e. The third kappa shape index (κ3) is 3.81. The summed E-state index contributed by atoms with van der Waals surface area (Å²) in [5, 5.41) is 10.2. The van der Waals surface area contributed by atoms with E-state index in [0.29, 0.717) is 24.7 Å². The van der Waals surface area contributed by atoms with Crippen LogP contribution < -0.4 is 11.1 Å². The van der Waals surface area contributed by atoms with Crippen molar-refractivity contribution in [1.82, 2.24) is 10.2 Å². The van der Waals surface area contributed by atoms with Crippen molar-refractivity contribution in [1.29, 1.82) is 0 Å². The van der Waals surface area contributed by atoms with Crippen molar-refractivity contribution >= 4 is 11.9 Å². The highest BCUT2D eigenvalue weighted by Crippen LogP contribution is 2.39. The zero-order chi connectivity index (χ0) is 12.5. The molecular weight excluding hydrogens is 220 g/mol. The largest absolute Gasteiger partial charge is 0.408 e. The van der Waals surface area contributed by atoms with Gasteiger partial charge in [0, 0.05) is 17.9 Å². The molecular formula is C11H18N4O2. The van der Waals surface area contributed by atoms with E-state index in [0.717, 1.165) is 12.8 Å². The summed E-state index contributed by atoms with van der Waals surface area (Å²) < 4.78 is 5.32. The van der Waals surface area contributed by atoms with Crippen LogP contribution in [0.2, 0.25) is 0 Å². The minimum atomic E-state index is -0.342. The zero-order valence-corrected chi connectivity index (χ0v) is 10.2. The lowest BCUT2D eigenvalue weighted by Gasteiger charge is -2.16. The molecule has 6 heteroatoms. The number of nitrogens with one attached hydrogen (secondary N) is 1. The minimum absolute atomic E-state index is 0.144. The van der Waals surface area contributed by atoms with Gasteiger partial charge >= 0.3 is 6.01 Å². The van der Waals surface area contributed by atoms with E-state index in [-0.39, 0.29) is 17.5 Å². The highest BCUT2D eigenvalue weighted by atomic mass is 16.4. The van der Waals surface area contributed by atoms with E-state index in [2.05, 4.69) is 15.5 Å². The lowest BCUT2D eigenvalue weighted by atomic mass is 10.00. The first-order chi connectivity index (χ1) is 7.94. The van der Waals surface area contributed by atoms with Crippen LogP contribution >= 0.6 is 0 Å². The van der Waals surface area contributed by atoms with Crippen molar-refractivity contribution < 1.29 is 9.21 Å². The van der Waals surface area contributed by atoms with Gasteiger partial charge in [-0.2, -0.15) is 0 Å². The van der Waals surface area contributed by atoms with Crippen molar-refractivity contribution in [2.24, 2.45) is 5.73 Å². The summed E-state index contributed by atoms with van der Waals surface area (Å²) in [4.78, 5) is 11.6. The molecule has 3 N–H and O–H groups in total. The van der Waals surface area contributed by atoms with Gasteiger partial charge in [0.05, 0.1) is 0 Å². The summed E-state index contributed by atoms with van der Waals surface area (Å²) in [6.45, 7) is 3.77. The molecule has 0 unspecified atom stereocenters. The van der Waals surface area contributed by atoms with Gasteiger partial charge < -0.3 is 10.2 Å². The molecule has 6 nitrogen and oxygen atoms in total. The maximum Gasteiger partial charge on any atom is 0.322 e. The molecule has 1 fully saturated rings. The molecule has 1 amide bonds. The van der Waals surface area contributed by atoms with Gasteiger partial charge in [0.1, 0.15) is 0 Å². The number of nitrogens with two attached hydrogens (primary N) is 1. The van der Waals surface area contributed by atoms with Crippen LogP contribution in [0.3, 0.4) is 0 Å². The van der Waals surface area contributed by atoms with Gasteiger partial charge in [-0.05, 0) is 33.1 Å². The second kappa shape index (κ2) is 4.44. The second-order valence-electron chi connectivity index (χ2n) is 5.26. The molecule has 1 aromatic heterocycles. The Balaban J connectivity index is 1.80. The molecule has 94 valence electrons. The lowest BCUT2D eigenvalue weighted by Crippen LogP contribution is -2.33. The quantitative estimate of drug-likeness (QED) is 0.808. The molecule has 1 aromatic rings. The topological polar surface area (TPSA) is 94.0 Å². The van der Waals surface area contributed by atoms with Crippen LogP contribution in [-0.4, -0.2) is 21.6 Å². The summed E-state index contributed by atoms with van der Waals surface area (Å²) in [7, 11) is 0. The predicted molar refractivity (Wildman–Crippen MR) is 62.4 cm³/mol. The average molecular weight is 238 g/mol. The van der Waals surface area contributed by atoms with Gasteiger partial charge in [-0.1, -0.05) is 5.10 Å². The monoisotopic (exact) mass is 238 g/mol. The van der Waals surface area contributed by atoms with E-state index in [9.17, 15) is 4.79 Å². The van der Waals surface area contributed by atoms with Crippen molar-refractivity contribution in [3.05, 3.63) is 5.89 Å². The van der Waals surface area contributed by atoms with Gasteiger partial charge in [0.2, 0.25) is 11.8 Å². The standard InChI is InChI=1S/C11H18N4O2/c1-11(2,12)6-5-8(16)13-10-15-14-9(17-10)7-3-4-7/h7H,3-6,12H2,1-2H3,(H,13,15,16). The van der Waals surface area contributed by atoms with Crippen molar-refractivity contribution in [2.75, 3.05) is 5.32 Å². The Kier molecular flexibility index (Phi) is 3.15. The lowest BCUT2D eigenvalue weighted by molar-refractivity contribution is -0.116. The van der Waals surface area contributed by atoms with E-state index in [4.69, 9.17) is 10.2 Å². The molecule has 1 saturated carbocycles. The first-order valence-corrected chi connectivity index (χ1v) is 5.86. The van der Waals surface area contributed by atoms with Crippen LogP contribution in [0.25, 0.3) is 0 Å². The fourth-order valence-corrected chi connectivity index (χ4v) is 1.40. The fraction of sp³-hybridized carbons (Fsp3) is 0.727. The number of amides is 1. The Labute approximate surface area is 100.0 Å². The van der Waals surface area contributed by atoms with Gasteiger partial charge in [0.15, 0.2) is 0 Å². The fourth-order valence-electron chi connectivity index (χ4n) is 1.40. The first-order valence-electron chi connectivity index (χ1n) is 5.86. The van der Waals surface area contributed by atoms with E-state index < -0.39 is 0 Å². The zero-order valence-electron chi connectivity index (χ0n) is 10.2. The summed E-state index contributed by atoms with van der Waals surface area (Å²) in [5.41, 5.74) is 5.46. The third-order valence-corrected chi connectivity index (χ3v) is 2.61. The molecule has 1 aliphatic rings. The van der Waals surface area contributed by atoms with Gasteiger partial charge in [-0.15, -0.1) is 5.10 Å². The summed E-state index contributed by atoms with van der Waals surface area (Å²) in [6.07, 6.45) is 3.15. The van der Waals surface area contributed by atoms with Crippen LogP contribution in [-0.2, 0) is 4.79 Å². The third-order valence-electron chi connectivity index (χ3n) is 2.61. The van der Waals surface area contributed by atoms with Crippen LogP contribution in [0.15, 0.2) is 4.42 Å². The number of anilines is 1. The number of carbonyl (C=O) groups excluding carboxylic acids is 1. The number of carbonyl (C=O) groups is 1. The Bertz CT molecular complexity index is 404. The molecule has 0 aromatic carbocycles. The van der Waals surface area contributed by atoms with Gasteiger partial charge in [-0.3, -0.25) is 10.1 Å². The van der Waals surface area contributed by atoms with Crippen LogP contribution in [0.1, 0.15) is 51.3 Å². The van der Waals surface area contributed by atoms with Crippen molar-refractivity contribution in [2.45, 2.75) is 51.0 Å². The van der Waals surface area contributed by atoms with Crippen LogP contribution in [0, 0.1) is 0 Å². The molecule has 0 bridgehead atoms. The first kappa shape index (κ1) is 12.0. The van der Waals surface area contributed by atoms with Gasteiger partial charge in [0.25, 0.3) is 0 Å². The molecule has 0 aliphatic heterocycles. The highest BCUT2D eigenvalue weighted by Gasteiger charge is 2.29. The Morgan fingerprint density at radius 1 is 1.53 bits per heavy atom. The molecule has 1 aliphatic carbocycles. The molecule has 2 rings (SSSR count). The molecule has 0 radical (unpaired) electrons. The number of hydrogen-bond donors (Lipinski definition) is 2. The molecule has 1 heterocycles. The van der Waals surface area contributed by atoms with Crippen molar-refractivity contribution in [3.63, 3.8) is 0 Å². The number of rotatable bonds is 5. The maximum atomic E-state index is 11.6. The highest BCUT2D eigenvalue weighted by molar-refractivity contribution is 5.88. The normalized spacial score (nSPS) is 15.9. The SMILES string of the molecule is CC(C)(N)CCC(=O)Nc1nnc(C2CC2)o1. The van der Waals surface area contributed by atoms with E-state index in [1.54, 1.807) is 0 Å². The minimum Gasteiger partial charge on any atom is -0.408 e.